The predicted molar refractivity (Wildman–Crippen MR) is 94.5 cm³/mol. The molecule has 1 aliphatic rings. The fourth-order valence-electron chi connectivity index (χ4n) is 2.88. The van der Waals surface area contributed by atoms with Gasteiger partial charge in [0.1, 0.15) is 11.5 Å². The molecular weight excluding hydrogens is 394 g/mol. The summed E-state index contributed by atoms with van der Waals surface area (Å²) in [6.07, 6.45) is 0.463. The number of aryl methyl sites for hydroxylation is 1. The van der Waals surface area contributed by atoms with Crippen molar-refractivity contribution in [1.29, 1.82) is 0 Å². The summed E-state index contributed by atoms with van der Waals surface area (Å²) in [6.45, 7) is 2.10. The molecule has 5 nitrogen and oxygen atoms in total. The third-order valence-corrected chi connectivity index (χ3v) is 6.40. The molecule has 0 saturated carbocycles. The Labute approximate surface area is 149 Å². The summed E-state index contributed by atoms with van der Waals surface area (Å²) in [5.74, 6) is 1.37. The molecule has 3 rings (SSSR count). The normalized spacial score (nSPS) is 19.3. The molecule has 0 N–H and O–H groups in total. The second kappa shape index (κ2) is 6.72. The van der Waals surface area contributed by atoms with Gasteiger partial charge in [-0.25, -0.2) is 8.42 Å². The Morgan fingerprint density at radius 1 is 1.25 bits per heavy atom. The van der Waals surface area contributed by atoms with E-state index in [2.05, 4.69) is 15.9 Å². The molecule has 1 aromatic heterocycles. The predicted octanol–water partition coefficient (Wildman–Crippen LogP) is 3.18. The van der Waals surface area contributed by atoms with E-state index in [0.29, 0.717) is 17.7 Å². The minimum absolute atomic E-state index is 0.00889. The van der Waals surface area contributed by atoms with Crippen molar-refractivity contribution in [2.45, 2.75) is 25.9 Å². The summed E-state index contributed by atoms with van der Waals surface area (Å²) >= 11 is 3.35. The van der Waals surface area contributed by atoms with Crippen molar-refractivity contribution in [3.63, 3.8) is 0 Å². The van der Waals surface area contributed by atoms with Crippen LogP contribution in [0.15, 0.2) is 45.3 Å². The van der Waals surface area contributed by atoms with Gasteiger partial charge in [-0.05, 0) is 49.7 Å². The van der Waals surface area contributed by atoms with Gasteiger partial charge in [0.05, 0.1) is 18.1 Å². The Hall–Kier alpha value is -1.60. The van der Waals surface area contributed by atoms with E-state index < -0.39 is 9.84 Å². The van der Waals surface area contributed by atoms with E-state index >= 15 is 0 Å². The van der Waals surface area contributed by atoms with Gasteiger partial charge in [0.25, 0.3) is 5.91 Å². The number of nitrogens with zero attached hydrogens (tertiary/aromatic N) is 1. The number of hydrogen-bond acceptors (Lipinski definition) is 4. The fraction of sp³-hybridized carbons (Fsp3) is 0.353. The van der Waals surface area contributed by atoms with Crippen molar-refractivity contribution < 1.29 is 17.6 Å². The Morgan fingerprint density at radius 3 is 2.50 bits per heavy atom. The molecule has 1 fully saturated rings. The number of benzene rings is 1. The largest absolute Gasteiger partial charge is 0.464 e. The standard InChI is InChI=1S/C17H18BrNO4S/c1-12-2-7-16(23-12)10-19(15-8-9-24(21,22)11-15)17(20)13-3-5-14(18)6-4-13/h2-7,15H,8-11H2,1H3/t15-/m1/s1. The summed E-state index contributed by atoms with van der Waals surface area (Å²) in [4.78, 5) is 14.6. The molecule has 128 valence electrons. The van der Waals surface area contributed by atoms with E-state index in [0.717, 1.165) is 10.2 Å². The van der Waals surface area contributed by atoms with E-state index in [-0.39, 0.29) is 30.0 Å². The Morgan fingerprint density at radius 2 is 1.96 bits per heavy atom. The number of carbonyl (C=O) groups excluding carboxylic acids is 1. The summed E-state index contributed by atoms with van der Waals surface area (Å²) < 4.78 is 30.1. The van der Waals surface area contributed by atoms with Crippen molar-refractivity contribution in [2.75, 3.05) is 11.5 Å². The fourth-order valence-corrected chi connectivity index (χ4v) is 4.88. The van der Waals surface area contributed by atoms with Crippen molar-refractivity contribution in [1.82, 2.24) is 4.90 Å². The monoisotopic (exact) mass is 411 g/mol. The maximum atomic E-state index is 12.9. The molecule has 0 bridgehead atoms. The SMILES string of the molecule is Cc1ccc(CN(C(=O)c2ccc(Br)cc2)[C@@H]2CCS(=O)(=O)C2)o1. The van der Waals surface area contributed by atoms with Crippen molar-refractivity contribution in [3.05, 3.63) is 58.0 Å². The zero-order valence-corrected chi connectivity index (χ0v) is 15.6. The van der Waals surface area contributed by atoms with Crippen LogP contribution in [0.5, 0.6) is 0 Å². The van der Waals surface area contributed by atoms with Gasteiger partial charge < -0.3 is 9.32 Å². The van der Waals surface area contributed by atoms with Crippen molar-refractivity contribution in [3.8, 4) is 0 Å². The maximum Gasteiger partial charge on any atom is 0.254 e. The van der Waals surface area contributed by atoms with Crippen LogP contribution in [-0.4, -0.2) is 36.8 Å². The quantitative estimate of drug-likeness (QED) is 0.774. The van der Waals surface area contributed by atoms with Crippen molar-refractivity contribution >= 4 is 31.7 Å². The molecule has 2 heterocycles. The van der Waals surface area contributed by atoms with Crippen LogP contribution in [0.25, 0.3) is 0 Å². The zero-order valence-electron chi connectivity index (χ0n) is 13.2. The van der Waals surface area contributed by atoms with Gasteiger partial charge in [-0.3, -0.25) is 4.79 Å². The van der Waals surface area contributed by atoms with Gasteiger partial charge in [-0.2, -0.15) is 0 Å². The topological polar surface area (TPSA) is 67.6 Å². The Balaban J connectivity index is 1.88. The highest BCUT2D eigenvalue weighted by Crippen LogP contribution is 2.23. The lowest BCUT2D eigenvalue weighted by Crippen LogP contribution is -2.40. The summed E-state index contributed by atoms with van der Waals surface area (Å²) in [5.41, 5.74) is 0.533. The van der Waals surface area contributed by atoms with E-state index in [1.54, 1.807) is 29.2 Å². The van der Waals surface area contributed by atoms with Gasteiger partial charge in [0.2, 0.25) is 0 Å². The van der Waals surface area contributed by atoms with Crippen LogP contribution in [0.1, 0.15) is 28.3 Å². The summed E-state index contributed by atoms with van der Waals surface area (Å²) in [7, 11) is -3.08. The van der Waals surface area contributed by atoms with Crippen LogP contribution < -0.4 is 0 Å². The molecule has 2 aromatic rings. The molecule has 0 aliphatic carbocycles. The molecular formula is C17H18BrNO4S. The highest BCUT2D eigenvalue weighted by Gasteiger charge is 2.35. The third-order valence-electron chi connectivity index (χ3n) is 4.12. The lowest BCUT2D eigenvalue weighted by Gasteiger charge is -2.27. The van der Waals surface area contributed by atoms with Gasteiger partial charge in [-0.15, -0.1) is 0 Å². The van der Waals surface area contributed by atoms with Crippen LogP contribution in [-0.2, 0) is 16.4 Å². The molecule has 0 spiro atoms. The molecule has 0 unspecified atom stereocenters. The first-order chi connectivity index (χ1) is 11.3. The molecule has 7 heteroatoms. The first-order valence-corrected chi connectivity index (χ1v) is 10.3. The van der Waals surface area contributed by atoms with Gasteiger partial charge in [-0.1, -0.05) is 15.9 Å². The number of rotatable bonds is 4. The minimum atomic E-state index is -3.08. The van der Waals surface area contributed by atoms with Gasteiger partial charge in [0, 0.05) is 16.1 Å². The molecule has 1 amide bonds. The molecule has 1 atom stereocenters. The van der Waals surface area contributed by atoms with Crippen LogP contribution in [0.3, 0.4) is 0 Å². The lowest BCUT2D eigenvalue weighted by atomic mass is 10.1. The summed E-state index contributed by atoms with van der Waals surface area (Å²) in [6, 6.07) is 10.4. The first-order valence-electron chi connectivity index (χ1n) is 7.66. The first kappa shape index (κ1) is 17.2. The Kier molecular flexibility index (Phi) is 4.83. The van der Waals surface area contributed by atoms with E-state index in [9.17, 15) is 13.2 Å². The average Bonchev–Trinajstić information content (AvgIpc) is 3.10. The van der Waals surface area contributed by atoms with Crippen LogP contribution in [0.2, 0.25) is 0 Å². The number of hydrogen-bond donors (Lipinski definition) is 0. The van der Waals surface area contributed by atoms with Crippen LogP contribution >= 0.6 is 15.9 Å². The van der Waals surface area contributed by atoms with Gasteiger partial charge >= 0.3 is 0 Å². The third kappa shape index (κ3) is 3.89. The van der Waals surface area contributed by atoms with E-state index in [1.807, 2.05) is 19.1 Å². The Bertz CT molecular complexity index is 842. The second-order valence-corrected chi connectivity index (χ2v) is 9.15. The van der Waals surface area contributed by atoms with E-state index in [4.69, 9.17) is 4.42 Å². The molecule has 24 heavy (non-hydrogen) atoms. The zero-order chi connectivity index (χ0) is 17.3. The number of carbonyl (C=O) groups is 1. The molecule has 0 radical (unpaired) electrons. The second-order valence-electron chi connectivity index (χ2n) is 6.01. The maximum absolute atomic E-state index is 12.9. The van der Waals surface area contributed by atoms with Gasteiger partial charge in [0.15, 0.2) is 9.84 Å². The van der Waals surface area contributed by atoms with E-state index in [1.165, 1.54) is 0 Å². The highest BCUT2D eigenvalue weighted by molar-refractivity contribution is 9.10. The number of halogens is 1. The van der Waals surface area contributed by atoms with Crippen molar-refractivity contribution in [2.24, 2.45) is 0 Å². The lowest BCUT2D eigenvalue weighted by molar-refractivity contribution is 0.0665. The number of sulfone groups is 1. The molecule has 1 aromatic carbocycles. The minimum Gasteiger partial charge on any atom is -0.464 e. The smallest absolute Gasteiger partial charge is 0.254 e. The highest BCUT2D eigenvalue weighted by atomic mass is 79.9. The number of furan rings is 1. The molecule has 1 aliphatic heterocycles. The average molecular weight is 412 g/mol. The van der Waals surface area contributed by atoms with Crippen LogP contribution in [0.4, 0.5) is 0 Å². The van der Waals surface area contributed by atoms with Crippen LogP contribution in [0, 0.1) is 6.92 Å². The molecule has 1 saturated heterocycles. The summed E-state index contributed by atoms with van der Waals surface area (Å²) in [5, 5.41) is 0. The number of amides is 1.